The molecule has 2 N–H and O–H groups in total. The summed E-state index contributed by atoms with van der Waals surface area (Å²) < 4.78 is 0. The monoisotopic (exact) mass is 152 g/mol. The lowest BCUT2D eigenvalue weighted by molar-refractivity contribution is 0.730. The van der Waals surface area contributed by atoms with Crippen LogP contribution in [-0.2, 0) is 0 Å². The first kappa shape index (κ1) is 8.31. The molecule has 0 aromatic rings. The van der Waals surface area contributed by atoms with Crippen molar-refractivity contribution in [3.63, 3.8) is 0 Å². The average molecular weight is 152 g/mol. The highest BCUT2D eigenvalue weighted by Gasteiger charge is 2.17. The van der Waals surface area contributed by atoms with E-state index in [-0.39, 0.29) is 0 Å². The molecule has 2 nitrogen and oxygen atoms in total. The summed E-state index contributed by atoms with van der Waals surface area (Å²) >= 11 is 0. The second-order valence-electron chi connectivity index (χ2n) is 2.99. The van der Waals surface area contributed by atoms with Crippen molar-refractivity contribution in [2.45, 2.75) is 25.7 Å². The molecule has 0 bridgehead atoms. The lowest BCUT2D eigenvalue weighted by Gasteiger charge is -2.07. The van der Waals surface area contributed by atoms with Gasteiger partial charge in [0.25, 0.3) is 0 Å². The van der Waals surface area contributed by atoms with Crippen LogP contribution < -0.4 is 5.73 Å². The molecule has 62 valence electrons. The molecule has 1 aliphatic rings. The molecule has 0 saturated heterocycles. The fraction of sp³-hybridized carbons (Fsp3) is 0.667. The van der Waals surface area contributed by atoms with Gasteiger partial charge in [-0.05, 0) is 25.1 Å². The average Bonchev–Trinajstić information content (AvgIpc) is 2.52. The van der Waals surface area contributed by atoms with Crippen molar-refractivity contribution in [3.05, 3.63) is 12.3 Å². The van der Waals surface area contributed by atoms with Crippen molar-refractivity contribution >= 4 is 5.71 Å². The van der Waals surface area contributed by atoms with Gasteiger partial charge in [-0.25, -0.2) is 0 Å². The Hall–Kier alpha value is -0.790. The van der Waals surface area contributed by atoms with Gasteiger partial charge in [-0.2, -0.15) is 0 Å². The molecule has 0 aromatic carbocycles. The standard InChI is InChI=1S/C9H16N2/c1-11-9(6-7-10)8-4-2-3-5-8/h6-8H,2-5,10H2,1H3. The summed E-state index contributed by atoms with van der Waals surface area (Å²) in [5, 5.41) is 0. The number of hydrogen-bond donors (Lipinski definition) is 1. The first-order chi connectivity index (χ1) is 5.38. The predicted molar refractivity (Wildman–Crippen MR) is 48.6 cm³/mol. The molecule has 1 fully saturated rings. The second-order valence-corrected chi connectivity index (χ2v) is 2.99. The Morgan fingerprint density at radius 3 is 2.55 bits per heavy atom. The molecular weight excluding hydrogens is 136 g/mol. The fourth-order valence-corrected chi connectivity index (χ4v) is 1.71. The maximum atomic E-state index is 5.31. The van der Waals surface area contributed by atoms with Gasteiger partial charge in [0.2, 0.25) is 0 Å². The zero-order chi connectivity index (χ0) is 8.10. The number of allylic oxidation sites excluding steroid dienone is 1. The number of hydrogen-bond acceptors (Lipinski definition) is 2. The van der Waals surface area contributed by atoms with Crippen molar-refractivity contribution in [2.75, 3.05) is 7.05 Å². The van der Waals surface area contributed by atoms with Crippen LogP contribution in [0.1, 0.15) is 25.7 Å². The van der Waals surface area contributed by atoms with Crippen molar-refractivity contribution in [3.8, 4) is 0 Å². The van der Waals surface area contributed by atoms with Gasteiger partial charge in [0.15, 0.2) is 0 Å². The molecule has 0 aromatic heterocycles. The molecule has 0 atom stereocenters. The van der Waals surface area contributed by atoms with Crippen LogP contribution in [0, 0.1) is 5.92 Å². The first-order valence-corrected chi connectivity index (χ1v) is 4.23. The quantitative estimate of drug-likeness (QED) is 0.601. The van der Waals surface area contributed by atoms with E-state index in [4.69, 9.17) is 5.73 Å². The Bertz CT molecular complexity index is 164. The normalized spacial score (nSPS) is 21.7. The summed E-state index contributed by atoms with van der Waals surface area (Å²) in [6.07, 6.45) is 8.79. The Labute approximate surface area is 68.2 Å². The number of nitrogens with two attached hydrogens (primary N) is 1. The van der Waals surface area contributed by atoms with Crippen LogP contribution in [0.25, 0.3) is 0 Å². The second kappa shape index (κ2) is 4.16. The third-order valence-electron chi connectivity index (χ3n) is 2.30. The van der Waals surface area contributed by atoms with Gasteiger partial charge in [0.05, 0.1) is 0 Å². The van der Waals surface area contributed by atoms with E-state index in [1.807, 2.05) is 13.1 Å². The number of nitrogens with zero attached hydrogens (tertiary/aromatic N) is 1. The van der Waals surface area contributed by atoms with E-state index in [9.17, 15) is 0 Å². The predicted octanol–water partition coefficient (Wildman–Crippen LogP) is 1.72. The smallest absolute Gasteiger partial charge is 0.0390 e. The van der Waals surface area contributed by atoms with Gasteiger partial charge >= 0.3 is 0 Å². The van der Waals surface area contributed by atoms with E-state index < -0.39 is 0 Å². The van der Waals surface area contributed by atoms with Gasteiger partial charge in [0, 0.05) is 18.7 Å². The van der Waals surface area contributed by atoms with Crippen LogP contribution in [0.15, 0.2) is 17.3 Å². The van der Waals surface area contributed by atoms with Gasteiger partial charge < -0.3 is 5.73 Å². The molecule has 0 spiro atoms. The van der Waals surface area contributed by atoms with Gasteiger partial charge in [-0.1, -0.05) is 12.8 Å². The van der Waals surface area contributed by atoms with Gasteiger partial charge in [-0.3, -0.25) is 4.99 Å². The molecular formula is C9H16N2. The van der Waals surface area contributed by atoms with Gasteiger partial charge in [-0.15, -0.1) is 0 Å². The van der Waals surface area contributed by atoms with E-state index in [2.05, 4.69) is 4.99 Å². The van der Waals surface area contributed by atoms with E-state index in [0.29, 0.717) is 5.92 Å². The van der Waals surface area contributed by atoms with Crippen LogP contribution >= 0.6 is 0 Å². The fourth-order valence-electron chi connectivity index (χ4n) is 1.71. The molecule has 0 radical (unpaired) electrons. The topological polar surface area (TPSA) is 38.4 Å². The molecule has 2 heteroatoms. The zero-order valence-corrected chi connectivity index (χ0v) is 7.09. The Morgan fingerprint density at radius 1 is 1.45 bits per heavy atom. The summed E-state index contributed by atoms with van der Waals surface area (Å²) in [5.41, 5.74) is 6.48. The molecule has 1 aliphatic carbocycles. The largest absolute Gasteiger partial charge is 0.405 e. The molecule has 0 heterocycles. The van der Waals surface area contributed by atoms with Crippen LogP contribution in [0.4, 0.5) is 0 Å². The van der Waals surface area contributed by atoms with Crippen molar-refractivity contribution in [1.29, 1.82) is 0 Å². The minimum atomic E-state index is 0.680. The van der Waals surface area contributed by atoms with E-state index in [1.165, 1.54) is 31.4 Å². The molecule has 0 unspecified atom stereocenters. The maximum absolute atomic E-state index is 5.31. The van der Waals surface area contributed by atoms with Crippen LogP contribution in [0.2, 0.25) is 0 Å². The van der Waals surface area contributed by atoms with E-state index in [1.54, 1.807) is 6.20 Å². The SMILES string of the molecule is CN=C(C=CN)C1CCCC1. The highest BCUT2D eigenvalue weighted by atomic mass is 14.7. The van der Waals surface area contributed by atoms with Crippen molar-refractivity contribution < 1.29 is 0 Å². The summed E-state index contributed by atoms with van der Waals surface area (Å²) in [5.74, 6) is 0.680. The summed E-state index contributed by atoms with van der Waals surface area (Å²) in [4.78, 5) is 4.21. The van der Waals surface area contributed by atoms with Crippen molar-refractivity contribution in [2.24, 2.45) is 16.6 Å². The van der Waals surface area contributed by atoms with E-state index >= 15 is 0 Å². The zero-order valence-electron chi connectivity index (χ0n) is 7.09. The third-order valence-corrected chi connectivity index (χ3v) is 2.30. The van der Waals surface area contributed by atoms with Crippen LogP contribution in [0.3, 0.4) is 0 Å². The molecule has 0 aliphatic heterocycles. The Morgan fingerprint density at radius 2 is 2.09 bits per heavy atom. The lowest BCUT2D eigenvalue weighted by atomic mass is 10.0. The molecule has 11 heavy (non-hydrogen) atoms. The Balaban J connectivity index is 2.54. The Kier molecular flexibility index (Phi) is 3.14. The summed E-state index contributed by atoms with van der Waals surface area (Å²) in [7, 11) is 1.84. The highest BCUT2D eigenvalue weighted by Crippen LogP contribution is 2.26. The van der Waals surface area contributed by atoms with Gasteiger partial charge in [0.1, 0.15) is 0 Å². The number of aliphatic imine (C=N–C) groups is 1. The third kappa shape index (κ3) is 2.07. The molecule has 1 rings (SSSR count). The van der Waals surface area contributed by atoms with E-state index in [0.717, 1.165) is 0 Å². The minimum absolute atomic E-state index is 0.680. The van der Waals surface area contributed by atoms with Crippen LogP contribution in [-0.4, -0.2) is 12.8 Å². The minimum Gasteiger partial charge on any atom is -0.405 e. The lowest BCUT2D eigenvalue weighted by Crippen LogP contribution is -2.08. The van der Waals surface area contributed by atoms with Crippen LogP contribution in [0.5, 0.6) is 0 Å². The highest BCUT2D eigenvalue weighted by molar-refractivity contribution is 5.96. The molecule has 1 saturated carbocycles. The summed E-state index contributed by atoms with van der Waals surface area (Å²) in [6, 6.07) is 0. The molecule has 0 amide bonds. The maximum Gasteiger partial charge on any atom is 0.0390 e. The number of rotatable bonds is 2. The first-order valence-electron chi connectivity index (χ1n) is 4.23. The van der Waals surface area contributed by atoms with Crippen molar-refractivity contribution in [1.82, 2.24) is 0 Å². The summed E-state index contributed by atoms with van der Waals surface area (Å²) in [6.45, 7) is 0.